The number of amides is 1. The Morgan fingerprint density at radius 1 is 1.18 bits per heavy atom. The van der Waals surface area contributed by atoms with E-state index in [1.54, 1.807) is 7.05 Å². The molecule has 1 amide bonds. The summed E-state index contributed by atoms with van der Waals surface area (Å²) < 4.78 is 5.81. The summed E-state index contributed by atoms with van der Waals surface area (Å²) in [6.07, 6.45) is 2.09. The highest BCUT2D eigenvalue weighted by Gasteiger charge is 2.14. The summed E-state index contributed by atoms with van der Waals surface area (Å²) in [6, 6.07) is 13.6. The third kappa shape index (κ3) is 5.63. The smallest absolute Gasteiger partial charge is 0.224 e. The molecule has 1 aliphatic heterocycles. The maximum atomic E-state index is 11.4. The molecule has 3 rings (SSSR count). The van der Waals surface area contributed by atoms with Gasteiger partial charge >= 0.3 is 0 Å². The Hall–Kier alpha value is -2.73. The van der Waals surface area contributed by atoms with E-state index in [1.807, 2.05) is 42.5 Å². The molecule has 0 aromatic heterocycles. The van der Waals surface area contributed by atoms with Crippen molar-refractivity contribution >= 4 is 29.2 Å². The lowest BCUT2D eigenvalue weighted by atomic mass is 10.0. The number of anilines is 1. The Labute approximate surface area is 170 Å². The number of carbonyl (C=O) groups is 1. The van der Waals surface area contributed by atoms with E-state index in [0.717, 1.165) is 52.9 Å². The molecule has 0 bridgehead atoms. The van der Waals surface area contributed by atoms with Gasteiger partial charge in [-0.15, -0.1) is 0 Å². The van der Waals surface area contributed by atoms with E-state index in [9.17, 15) is 4.79 Å². The Bertz CT molecular complexity index is 854. The van der Waals surface area contributed by atoms with Gasteiger partial charge < -0.3 is 20.7 Å². The van der Waals surface area contributed by atoms with Crippen LogP contribution < -0.4 is 20.7 Å². The Kier molecular flexibility index (Phi) is 7.14. The first-order valence-electron chi connectivity index (χ1n) is 9.39. The number of aryl methyl sites for hydroxylation is 1. The minimum absolute atomic E-state index is 0.0683. The van der Waals surface area contributed by atoms with Gasteiger partial charge in [0.15, 0.2) is 5.96 Å². The van der Waals surface area contributed by atoms with Crippen molar-refractivity contribution in [3.8, 4) is 5.75 Å². The van der Waals surface area contributed by atoms with E-state index < -0.39 is 0 Å². The highest BCUT2D eigenvalue weighted by Crippen LogP contribution is 2.26. The molecule has 0 saturated carbocycles. The van der Waals surface area contributed by atoms with Crippen LogP contribution in [0.25, 0.3) is 0 Å². The summed E-state index contributed by atoms with van der Waals surface area (Å²) in [7, 11) is 1.74. The third-order valence-electron chi connectivity index (χ3n) is 4.50. The summed E-state index contributed by atoms with van der Waals surface area (Å²) in [5.41, 5.74) is 3.10. The van der Waals surface area contributed by atoms with Crippen molar-refractivity contribution < 1.29 is 9.53 Å². The van der Waals surface area contributed by atoms with E-state index in [2.05, 4.69) is 20.9 Å². The number of fused-ring (bicyclic) bond motifs is 1. The summed E-state index contributed by atoms with van der Waals surface area (Å²) in [5, 5.41) is 10.2. The van der Waals surface area contributed by atoms with E-state index in [-0.39, 0.29) is 5.91 Å². The molecule has 3 N–H and O–H groups in total. The van der Waals surface area contributed by atoms with Gasteiger partial charge in [-0.3, -0.25) is 9.79 Å². The van der Waals surface area contributed by atoms with Crippen LogP contribution >= 0.6 is 11.6 Å². The number of halogens is 1. The predicted octanol–water partition coefficient (Wildman–Crippen LogP) is 3.01. The average molecular weight is 401 g/mol. The van der Waals surface area contributed by atoms with Gasteiger partial charge in [0.2, 0.25) is 5.91 Å². The minimum Gasteiger partial charge on any atom is -0.492 e. The van der Waals surface area contributed by atoms with E-state index in [4.69, 9.17) is 16.3 Å². The van der Waals surface area contributed by atoms with Crippen LogP contribution in [0.2, 0.25) is 5.02 Å². The molecule has 2 aromatic rings. The second kappa shape index (κ2) is 9.99. The number of nitrogens with zero attached hydrogens (tertiary/aromatic N) is 1. The summed E-state index contributed by atoms with van der Waals surface area (Å²) in [4.78, 5) is 15.6. The van der Waals surface area contributed by atoms with Gasteiger partial charge in [-0.1, -0.05) is 29.8 Å². The summed E-state index contributed by atoms with van der Waals surface area (Å²) in [6.45, 7) is 1.87. The van der Waals surface area contributed by atoms with Gasteiger partial charge in [-0.05, 0) is 48.2 Å². The fourth-order valence-electron chi connectivity index (χ4n) is 3.03. The first-order chi connectivity index (χ1) is 13.7. The highest BCUT2D eigenvalue weighted by molar-refractivity contribution is 6.31. The predicted molar refractivity (Wildman–Crippen MR) is 113 cm³/mol. The Balaban J connectivity index is 1.38. The van der Waals surface area contributed by atoms with E-state index >= 15 is 0 Å². The molecular formula is C21H25ClN4O2. The first kappa shape index (κ1) is 20.0. The number of hydrogen-bond donors (Lipinski definition) is 3. The molecule has 7 heteroatoms. The van der Waals surface area contributed by atoms with Gasteiger partial charge in [0.05, 0.1) is 6.54 Å². The van der Waals surface area contributed by atoms with Crippen LogP contribution in [0, 0.1) is 0 Å². The zero-order chi connectivity index (χ0) is 19.8. The van der Waals surface area contributed by atoms with Gasteiger partial charge in [-0.25, -0.2) is 0 Å². The minimum atomic E-state index is 0.0683. The monoisotopic (exact) mass is 400 g/mol. The molecule has 148 valence electrons. The fourth-order valence-corrected chi connectivity index (χ4v) is 3.26. The third-order valence-corrected chi connectivity index (χ3v) is 4.87. The van der Waals surface area contributed by atoms with Gasteiger partial charge in [0, 0.05) is 30.7 Å². The number of guanidine groups is 1. The lowest BCUT2D eigenvalue weighted by Gasteiger charge is -2.18. The molecule has 1 heterocycles. The largest absolute Gasteiger partial charge is 0.492 e. The van der Waals surface area contributed by atoms with Crippen molar-refractivity contribution in [3.05, 3.63) is 58.6 Å². The number of benzene rings is 2. The molecule has 0 aliphatic carbocycles. The molecule has 6 nitrogen and oxygen atoms in total. The molecule has 0 spiro atoms. The second-order valence-corrected chi connectivity index (χ2v) is 6.89. The number of carbonyl (C=O) groups excluding carboxylic acids is 1. The maximum absolute atomic E-state index is 11.4. The van der Waals surface area contributed by atoms with Crippen molar-refractivity contribution in [2.45, 2.75) is 19.3 Å². The van der Waals surface area contributed by atoms with Crippen LogP contribution in [0.5, 0.6) is 5.75 Å². The fraction of sp³-hybridized carbons (Fsp3) is 0.333. The Morgan fingerprint density at radius 3 is 2.82 bits per heavy atom. The maximum Gasteiger partial charge on any atom is 0.224 e. The quantitative estimate of drug-likeness (QED) is 0.379. The SMILES string of the molecule is CN=C(NCCOc1ccc2c(c1)CCC(=O)N2)NCCc1ccccc1Cl. The van der Waals surface area contributed by atoms with Crippen LogP contribution in [-0.2, 0) is 17.6 Å². The van der Waals surface area contributed by atoms with E-state index in [0.29, 0.717) is 19.6 Å². The van der Waals surface area contributed by atoms with Gasteiger partial charge in [0.1, 0.15) is 12.4 Å². The van der Waals surface area contributed by atoms with Crippen LogP contribution in [0.3, 0.4) is 0 Å². The van der Waals surface area contributed by atoms with Gasteiger partial charge in [0.25, 0.3) is 0 Å². The molecule has 0 atom stereocenters. The van der Waals surface area contributed by atoms with Crippen LogP contribution in [0.4, 0.5) is 5.69 Å². The lowest BCUT2D eigenvalue weighted by molar-refractivity contribution is -0.116. The van der Waals surface area contributed by atoms with Gasteiger partial charge in [-0.2, -0.15) is 0 Å². The standard InChI is InChI=1S/C21H25ClN4O2/c1-23-21(24-11-10-15-4-2-3-5-18(15)22)25-12-13-28-17-7-8-19-16(14-17)6-9-20(27)26-19/h2-5,7-8,14H,6,9-13H2,1H3,(H,26,27)(H2,23,24,25). The lowest BCUT2D eigenvalue weighted by Crippen LogP contribution is -2.40. The van der Waals surface area contributed by atoms with E-state index in [1.165, 1.54) is 0 Å². The number of ether oxygens (including phenoxy) is 1. The molecule has 2 aromatic carbocycles. The molecule has 0 fully saturated rings. The first-order valence-corrected chi connectivity index (χ1v) is 9.77. The molecule has 0 saturated heterocycles. The molecule has 28 heavy (non-hydrogen) atoms. The molecular weight excluding hydrogens is 376 g/mol. The molecule has 1 aliphatic rings. The molecule has 0 unspecified atom stereocenters. The van der Waals surface area contributed by atoms with Crippen LogP contribution in [-0.4, -0.2) is 38.6 Å². The Morgan fingerprint density at radius 2 is 2.00 bits per heavy atom. The number of hydrogen-bond acceptors (Lipinski definition) is 3. The molecule has 0 radical (unpaired) electrons. The van der Waals surface area contributed by atoms with Crippen LogP contribution in [0.15, 0.2) is 47.5 Å². The summed E-state index contributed by atoms with van der Waals surface area (Å²) in [5.74, 6) is 1.60. The van der Waals surface area contributed by atoms with Crippen LogP contribution in [0.1, 0.15) is 17.5 Å². The van der Waals surface area contributed by atoms with Crippen molar-refractivity contribution in [2.24, 2.45) is 4.99 Å². The topological polar surface area (TPSA) is 74.8 Å². The van der Waals surface area contributed by atoms with Crippen molar-refractivity contribution in [1.82, 2.24) is 10.6 Å². The zero-order valence-electron chi connectivity index (χ0n) is 15.9. The van der Waals surface area contributed by atoms with Crippen molar-refractivity contribution in [2.75, 3.05) is 32.1 Å². The number of rotatable bonds is 7. The number of aliphatic imine (C=N–C) groups is 1. The normalized spacial score (nSPS) is 13.5. The second-order valence-electron chi connectivity index (χ2n) is 6.48. The zero-order valence-corrected chi connectivity index (χ0v) is 16.7. The summed E-state index contributed by atoms with van der Waals surface area (Å²) >= 11 is 6.17. The highest BCUT2D eigenvalue weighted by atomic mass is 35.5. The van der Waals surface area contributed by atoms with Crippen molar-refractivity contribution in [3.63, 3.8) is 0 Å². The van der Waals surface area contributed by atoms with Crippen molar-refractivity contribution in [1.29, 1.82) is 0 Å². The average Bonchev–Trinajstić information content (AvgIpc) is 2.71. The number of nitrogens with one attached hydrogen (secondary N) is 3.